The van der Waals surface area contributed by atoms with Crippen LogP contribution in [0.2, 0.25) is 5.02 Å². The van der Waals surface area contributed by atoms with E-state index in [0.29, 0.717) is 6.04 Å². The van der Waals surface area contributed by atoms with Crippen LogP contribution in [0.1, 0.15) is 12.6 Å². The van der Waals surface area contributed by atoms with E-state index in [4.69, 9.17) is 11.6 Å². The Morgan fingerprint density at radius 3 is 3.27 bits per heavy atom. The van der Waals surface area contributed by atoms with Crippen LogP contribution < -0.4 is 5.32 Å². The number of halogens is 1. The zero-order chi connectivity index (χ0) is 10.7. The summed E-state index contributed by atoms with van der Waals surface area (Å²) in [5.41, 5.74) is 0.980. The van der Waals surface area contributed by atoms with Gasteiger partial charge in [0.2, 0.25) is 0 Å². The maximum absolute atomic E-state index is 6.09. The van der Waals surface area contributed by atoms with E-state index >= 15 is 0 Å². The summed E-state index contributed by atoms with van der Waals surface area (Å²) in [6.45, 7) is 6.23. The van der Waals surface area contributed by atoms with Gasteiger partial charge in [0, 0.05) is 38.4 Å². The predicted octanol–water partition coefficient (Wildman–Crippen LogP) is 1.53. The van der Waals surface area contributed by atoms with Crippen LogP contribution in [0.25, 0.3) is 0 Å². The first-order valence-corrected chi connectivity index (χ1v) is 5.69. The van der Waals surface area contributed by atoms with Crippen LogP contribution in [0.4, 0.5) is 0 Å². The van der Waals surface area contributed by atoms with Gasteiger partial charge in [-0.1, -0.05) is 11.6 Å². The summed E-state index contributed by atoms with van der Waals surface area (Å²) in [7, 11) is 0. The average molecular weight is 226 g/mol. The lowest BCUT2D eigenvalue weighted by atomic mass is 10.2. The predicted molar refractivity (Wildman–Crippen MR) is 62.0 cm³/mol. The Hall–Kier alpha value is -0.640. The molecule has 1 aliphatic rings. The first kappa shape index (κ1) is 10.9. The van der Waals surface area contributed by atoms with E-state index in [1.54, 1.807) is 6.20 Å². The van der Waals surface area contributed by atoms with Gasteiger partial charge >= 0.3 is 0 Å². The van der Waals surface area contributed by atoms with E-state index in [1.165, 1.54) is 0 Å². The summed E-state index contributed by atoms with van der Waals surface area (Å²) >= 11 is 6.09. The van der Waals surface area contributed by atoms with Crippen LogP contribution in [0.15, 0.2) is 18.3 Å². The highest BCUT2D eigenvalue weighted by Gasteiger charge is 2.18. The fourth-order valence-electron chi connectivity index (χ4n) is 1.85. The van der Waals surface area contributed by atoms with Crippen molar-refractivity contribution in [1.29, 1.82) is 0 Å². The van der Waals surface area contributed by atoms with E-state index in [-0.39, 0.29) is 0 Å². The number of nitrogens with one attached hydrogen (secondary N) is 1. The van der Waals surface area contributed by atoms with Crippen molar-refractivity contribution < 1.29 is 0 Å². The van der Waals surface area contributed by atoms with Crippen LogP contribution in [-0.2, 0) is 6.54 Å². The van der Waals surface area contributed by atoms with E-state index in [2.05, 4.69) is 22.1 Å². The van der Waals surface area contributed by atoms with Crippen molar-refractivity contribution in [3.63, 3.8) is 0 Å². The van der Waals surface area contributed by atoms with Gasteiger partial charge in [-0.2, -0.15) is 0 Å². The first-order valence-electron chi connectivity index (χ1n) is 5.31. The number of hydrogen-bond acceptors (Lipinski definition) is 3. The molecule has 1 aromatic heterocycles. The fraction of sp³-hybridized carbons (Fsp3) is 0.545. The number of aromatic nitrogens is 1. The molecule has 0 radical (unpaired) electrons. The van der Waals surface area contributed by atoms with Crippen molar-refractivity contribution >= 4 is 11.6 Å². The molecule has 1 N–H and O–H groups in total. The molecule has 0 amide bonds. The van der Waals surface area contributed by atoms with E-state index in [0.717, 1.165) is 36.9 Å². The minimum Gasteiger partial charge on any atom is -0.314 e. The molecule has 0 spiro atoms. The van der Waals surface area contributed by atoms with Gasteiger partial charge in [0.25, 0.3) is 0 Å². The van der Waals surface area contributed by atoms with E-state index < -0.39 is 0 Å². The Morgan fingerprint density at radius 2 is 2.53 bits per heavy atom. The van der Waals surface area contributed by atoms with Gasteiger partial charge in [0.1, 0.15) is 0 Å². The van der Waals surface area contributed by atoms with Crippen molar-refractivity contribution in [3.05, 3.63) is 29.0 Å². The largest absolute Gasteiger partial charge is 0.314 e. The number of rotatable bonds is 2. The summed E-state index contributed by atoms with van der Waals surface area (Å²) in [5.74, 6) is 0. The second-order valence-corrected chi connectivity index (χ2v) is 4.36. The van der Waals surface area contributed by atoms with Gasteiger partial charge in [-0.25, -0.2) is 0 Å². The molecule has 1 aliphatic heterocycles. The third-order valence-corrected chi connectivity index (χ3v) is 3.17. The van der Waals surface area contributed by atoms with Crippen molar-refractivity contribution in [1.82, 2.24) is 15.2 Å². The smallest absolute Gasteiger partial charge is 0.0729 e. The summed E-state index contributed by atoms with van der Waals surface area (Å²) in [6, 6.07) is 4.32. The summed E-state index contributed by atoms with van der Waals surface area (Å²) in [5, 5.41) is 4.14. The van der Waals surface area contributed by atoms with Gasteiger partial charge in [-0.15, -0.1) is 0 Å². The first-order chi connectivity index (χ1) is 7.27. The minimum absolute atomic E-state index is 0.553. The molecule has 1 aromatic rings. The van der Waals surface area contributed by atoms with Gasteiger partial charge < -0.3 is 5.32 Å². The highest BCUT2D eigenvalue weighted by molar-refractivity contribution is 6.31. The Morgan fingerprint density at radius 1 is 1.67 bits per heavy atom. The Labute approximate surface area is 95.4 Å². The van der Waals surface area contributed by atoms with Crippen molar-refractivity contribution in [2.45, 2.75) is 19.5 Å². The van der Waals surface area contributed by atoms with Crippen LogP contribution in [-0.4, -0.2) is 35.6 Å². The molecule has 0 saturated carbocycles. The van der Waals surface area contributed by atoms with Gasteiger partial charge in [-0.3, -0.25) is 9.88 Å². The number of pyridine rings is 1. The molecule has 2 rings (SSSR count). The van der Waals surface area contributed by atoms with Crippen molar-refractivity contribution in [2.75, 3.05) is 19.6 Å². The zero-order valence-corrected chi connectivity index (χ0v) is 9.67. The molecule has 4 heteroatoms. The van der Waals surface area contributed by atoms with Gasteiger partial charge in [0.05, 0.1) is 10.7 Å². The standard InChI is InChI=1S/C11H16ClN3/c1-9-7-13-5-6-15(9)8-11-10(12)3-2-4-14-11/h2-4,9,13H,5-8H2,1H3. The molecule has 1 atom stereocenters. The highest BCUT2D eigenvalue weighted by atomic mass is 35.5. The molecule has 1 unspecified atom stereocenters. The molecule has 82 valence electrons. The molecule has 0 aromatic carbocycles. The molecule has 3 nitrogen and oxygen atoms in total. The third-order valence-electron chi connectivity index (χ3n) is 2.83. The number of nitrogens with zero attached hydrogens (tertiary/aromatic N) is 2. The van der Waals surface area contributed by atoms with Crippen molar-refractivity contribution in [3.8, 4) is 0 Å². The minimum atomic E-state index is 0.553. The lowest BCUT2D eigenvalue weighted by Gasteiger charge is -2.33. The Balaban J connectivity index is 2.04. The maximum Gasteiger partial charge on any atom is 0.0729 e. The molecule has 0 aliphatic carbocycles. The number of piperazine rings is 1. The van der Waals surface area contributed by atoms with Crippen LogP contribution in [0.3, 0.4) is 0 Å². The van der Waals surface area contributed by atoms with Crippen LogP contribution >= 0.6 is 11.6 Å². The fourth-order valence-corrected chi connectivity index (χ4v) is 2.03. The van der Waals surface area contributed by atoms with E-state index in [1.807, 2.05) is 12.1 Å². The monoisotopic (exact) mass is 225 g/mol. The SMILES string of the molecule is CC1CNCCN1Cc1ncccc1Cl. The number of hydrogen-bond donors (Lipinski definition) is 1. The van der Waals surface area contributed by atoms with Crippen molar-refractivity contribution in [2.24, 2.45) is 0 Å². The van der Waals surface area contributed by atoms with Crippen LogP contribution in [0.5, 0.6) is 0 Å². The summed E-state index contributed by atoms with van der Waals surface area (Å²) in [4.78, 5) is 6.72. The Kier molecular flexibility index (Phi) is 3.57. The molecular formula is C11H16ClN3. The molecule has 2 heterocycles. The van der Waals surface area contributed by atoms with Crippen LogP contribution in [0, 0.1) is 0 Å². The summed E-state index contributed by atoms with van der Waals surface area (Å²) in [6.07, 6.45) is 1.80. The Bertz CT molecular complexity index is 329. The molecule has 1 fully saturated rings. The zero-order valence-electron chi connectivity index (χ0n) is 8.91. The van der Waals surface area contributed by atoms with Gasteiger partial charge in [0.15, 0.2) is 0 Å². The normalized spacial score (nSPS) is 22.9. The van der Waals surface area contributed by atoms with Gasteiger partial charge in [-0.05, 0) is 19.1 Å². The maximum atomic E-state index is 6.09. The van der Waals surface area contributed by atoms with E-state index in [9.17, 15) is 0 Å². The molecular weight excluding hydrogens is 210 g/mol. The third kappa shape index (κ3) is 2.68. The summed E-state index contributed by atoms with van der Waals surface area (Å²) < 4.78 is 0. The molecule has 0 bridgehead atoms. The molecule has 15 heavy (non-hydrogen) atoms. The molecule has 1 saturated heterocycles. The lowest BCUT2D eigenvalue weighted by Crippen LogP contribution is -2.49. The second-order valence-electron chi connectivity index (χ2n) is 3.96. The topological polar surface area (TPSA) is 28.2 Å². The highest BCUT2D eigenvalue weighted by Crippen LogP contribution is 2.16. The lowest BCUT2D eigenvalue weighted by molar-refractivity contribution is 0.164. The quantitative estimate of drug-likeness (QED) is 0.828. The second kappa shape index (κ2) is 4.92. The average Bonchev–Trinajstić information content (AvgIpc) is 2.24.